The van der Waals surface area contributed by atoms with Crippen LogP contribution in [0.2, 0.25) is 0 Å². The molecule has 0 saturated heterocycles. The first-order valence-electron chi connectivity index (χ1n) is 8.93. The first kappa shape index (κ1) is 18.6. The van der Waals surface area contributed by atoms with E-state index in [0.29, 0.717) is 11.6 Å². The molecule has 2 aromatic rings. The van der Waals surface area contributed by atoms with Gasteiger partial charge in [-0.2, -0.15) is 0 Å². The highest BCUT2D eigenvalue weighted by molar-refractivity contribution is 7.14. The maximum Gasteiger partial charge on any atom is 0.231 e. The van der Waals surface area contributed by atoms with Crippen molar-refractivity contribution in [3.05, 3.63) is 29.1 Å². The third-order valence-electron chi connectivity index (χ3n) is 4.57. The molecule has 2 heterocycles. The van der Waals surface area contributed by atoms with Crippen molar-refractivity contribution in [2.24, 2.45) is 5.41 Å². The van der Waals surface area contributed by atoms with Gasteiger partial charge in [0.15, 0.2) is 5.13 Å². The van der Waals surface area contributed by atoms with Crippen molar-refractivity contribution in [2.45, 2.75) is 53.5 Å². The van der Waals surface area contributed by atoms with E-state index < -0.39 is 5.41 Å². The maximum atomic E-state index is 12.2. The van der Waals surface area contributed by atoms with Gasteiger partial charge in [-0.15, -0.1) is 11.3 Å². The monoisotopic (exact) mass is 371 g/mol. The summed E-state index contributed by atoms with van der Waals surface area (Å²) in [6.45, 7) is 9.60. The number of nitrogens with one attached hydrogen (secondary N) is 1. The van der Waals surface area contributed by atoms with E-state index in [1.807, 2.05) is 50.1 Å². The largest absolute Gasteiger partial charge is 0.309 e. The molecule has 26 heavy (non-hydrogen) atoms. The summed E-state index contributed by atoms with van der Waals surface area (Å²) in [5.74, 6) is 0.111. The van der Waals surface area contributed by atoms with E-state index >= 15 is 0 Å². The van der Waals surface area contributed by atoms with Crippen molar-refractivity contribution in [3.8, 4) is 11.3 Å². The zero-order valence-corrected chi connectivity index (χ0v) is 16.7. The molecule has 1 aliphatic rings. The lowest BCUT2D eigenvalue weighted by molar-refractivity contribution is -0.123. The Kier molecular flexibility index (Phi) is 4.88. The lowest BCUT2D eigenvalue weighted by Crippen LogP contribution is -2.35. The van der Waals surface area contributed by atoms with Crippen LogP contribution >= 0.6 is 11.3 Å². The third kappa shape index (κ3) is 3.51. The topological polar surface area (TPSA) is 62.3 Å². The van der Waals surface area contributed by atoms with Gasteiger partial charge >= 0.3 is 0 Å². The fraction of sp³-hybridized carbons (Fsp3) is 0.450. The number of hydrogen-bond donors (Lipinski definition) is 1. The SMILES string of the molecule is CCC(=O)N1c2ccc(-c3csc(NC(=O)C(C)(C)C)n3)cc2CC1C. The Morgan fingerprint density at radius 1 is 1.35 bits per heavy atom. The second kappa shape index (κ2) is 6.83. The summed E-state index contributed by atoms with van der Waals surface area (Å²) in [6, 6.07) is 6.30. The Bertz CT molecular complexity index is 851. The molecule has 0 fully saturated rings. The van der Waals surface area contributed by atoms with E-state index in [-0.39, 0.29) is 17.9 Å². The number of hydrogen-bond acceptors (Lipinski definition) is 4. The number of rotatable bonds is 3. The van der Waals surface area contributed by atoms with Gasteiger partial charge in [-0.3, -0.25) is 9.59 Å². The fourth-order valence-electron chi connectivity index (χ4n) is 3.09. The Labute approximate surface area is 158 Å². The van der Waals surface area contributed by atoms with Crippen LogP contribution in [0.5, 0.6) is 0 Å². The van der Waals surface area contributed by atoms with Gasteiger partial charge < -0.3 is 10.2 Å². The minimum absolute atomic E-state index is 0.0464. The van der Waals surface area contributed by atoms with Crippen LogP contribution in [0.3, 0.4) is 0 Å². The maximum absolute atomic E-state index is 12.2. The predicted octanol–water partition coefficient (Wildman–Crippen LogP) is 4.48. The summed E-state index contributed by atoms with van der Waals surface area (Å²) in [5.41, 5.74) is 3.57. The van der Waals surface area contributed by atoms with E-state index in [0.717, 1.165) is 23.4 Å². The predicted molar refractivity (Wildman–Crippen MR) is 107 cm³/mol. The molecule has 3 rings (SSSR count). The Hall–Kier alpha value is -2.21. The number of carbonyl (C=O) groups is 2. The molecule has 0 aliphatic carbocycles. The number of benzene rings is 1. The molecule has 1 aliphatic heterocycles. The van der Waals surface area contributed by atoms with Crippen LogP contribution in [0, 0.1) is 5.41 Å². The summed E-state index contributed by atoms with van der Waals surface area (Å²) in [7, 11) is 0. The minimum atomic E-state index is -0.454. The standard InChI is InChI=1S/C20H25N3O2S/c1-6-17(24)23-12(2)9-14-10-13(7-8-16(14)23)15-11-26-19(21-15)22-18(25)20(3,4)5/h7-8,10-12H,6,9H2,1-5H3,(H,21,22,25). The number of amides is 2. The van der Waals surface area contributed by atoms with Gasteiger partial charge in [-0.05, 0) is 31.0 Å². The van der Waals surface area contributed by atoms with E-state index in [4.69, 9.17) is 0 Å². The molecule has 1 N–H and O–H groups in total. The van der Waals surface area contributed by atoms with Crippen LogP contribution in [0.1, 0.15) is 46.6 Å². The van der Waals surface area contributed by atoms with E-state index in [1.54, 1.807) is 0 Å². The molecule has 1 aromatic carbocycles. The van der Waals surface area contributed by atoms with Gasteiger partial charge in [0.05, 0.1) is 5.69 Å². The van der Waals surface area contributed by atoms with Crippen molar-refractivity contribution in [3.63, 3.8) is 0 Å². The van der Waals surface area contributed by atoms with Gasteiger partial charge in [0, 0.05) is 34.5 Å². The normalized spacial score (nSPS) is 16.5. The molecule has 0 radical (unpaired) electrons. The first-order chi connectivity index (χ1) is 12.2. The number of anilines is 2. The highest BCUT2D eigenvalue weighted by atomic mass is 32.1. The minimum Gasteiger partial charge on any atom is -0.309 e. The summed E-state index contributed by atoms with van der Waals surface area (Å²) < 4.78 is 0. The molecule has 0 bridgehead atoms. The van der Waals surface area contributed by atoms with Crippen molar-refractivity contribution in [1.29, 1.82) is 0 Å². The molecule has 6 heteroatoms. The van der Waals surface area contributed by atoms with Gasteiger partial charge in [-0.25, -0.2) is 4.98 Å². The Morgan fingerprint density at radius 2 is 2.08 bits per heavy atom. The highest BCUT2D eigenvalue weighted by Gasteiger charge is 2.30. The van der Waals surface area contributed by atoms with Gasteiger partial charge in [0.2, 0.25) is 11.8 Å². The first-order valence-corrected chi connectivity index (χ1v) is 9.81. The van der Waals surface area contributed by atoms with Crippen LogP contribution in [0.15, 0.2) is 23.6 Å². The van der Waals surface area contributed by atoms with Crippen LogP contribution in [-0.4, -0.2) is 22.8 Å². The number of carbonyl (C=O) groups excluding carboxylic acids is 2. The van der Waals surface area contributed by atoms with Crippen molar-refractivity contribution in [1.82, 2.24) is 4.98 Å². The average molecular weight is 372 g/mol. The van der Waals surface area contributed by atoms with Crippen LogP contribution in [0.25, 0.3) is 11.3 Å². The van der Waals surface area contributed by atoms with Crippen molar-refractivity contribution in [2.75, 3.05) is 10.2 Å². The number of thiazole rings is 1. The molecule has 1 atom stereocenters. The van der Waals surface area contributed by atoms with Gasteiger partial charge in [0.1, 0.15) is 0 Å². The van der Waals surface area contributed by atoms with Crippen molar-refractivity contribution >= 4 is 34.0 Å². The zero-order valence-electron chi connectivity index (χ0n) is 15.9. The lowest BCUT2D eigenvalue weighted by atomic mass is 9.96. The number of aromatic nitrogens is 1. The highest BCUT2D eigenvalue weighted by Crippen LogP contribution is 2.36. The van der Waals surface area contributed by atoms with E-state index in [1.165, 1.54) is 16.9 Å². The summed E-state index contributed by atoms with van der Waals surface area (Å²) in [4.78, 5) is 30.8. The Balaban J connectivity index is 1.84. The average Bonchev–Trinajstić information content (AvgIpc) is 3.16. The van der Waals surface area contributed by atoms with E-state index in [2.05, 4.69) is 23.3 Å². The fourth-order valence-corrected chi connectivity index (χ4v) is 3.80. The molecule has 138 valence electrons. The molecule has 5 nitrogen and oxygen atoms in total. The summed E-state index contributed by atoms with van der Waals surface area (Å²) in [5, 5.41) is 5.44. The van der Waals surface area contributed by atoms with Crippen molar-refractivity contribution < 1.29 is 9.59 Å². The quantitative estimate of drug-likeness (QED) is 0.865. The van der Waals surface area contributed by atoms with Crippen LogP contribution in [0.4, 0.5) is 10.8 Å². The second-order valence-corrected chi connectivity index (χ2v) is 8.61. The molecular weight excluding hydrogens is 346 g/mol. The molecule has 1 aromatic heterocycles. The summed E-state index contributed by atoms with van der Waals surface area (Å²) in [6.07, 6.45) is 1.36. The lowest BCUT2D eigenvalue weighted by Gasteiger charge is -2.22. The number of nitrogens with zero attached hydrogens (tertiary/aromatic N) is 2. The Morgan fingerprint density at radius 3 is 2.73 bits per heavy atom. The van der Waals surface area contributed by atoms with Gasteiger partial charge in [0.25, 0.3) is 0 Å². The molecule has 2 amide bonds. The summed E-state index contributed by atoms with van der Waals surface area (Å²) >= 11 is 1.42. The van der Waals surface area contributed by atoms with Crippen LogP contribution < -0.4 is 10.2 Å². The van der Waals surface area contributed by atoms with Gasteiger partial charge in [-0.1, -0.05) is 33.8 Å². The zero-order chi connectivity index (χ0) is 19.1. The second-order valence-electron chi connectivity index (χ2n) is 7.76. The molecular formula is C20H25N3O2S. The molecule has 1 unspecified atom stereocenters. The number of fused-ring (bicyclic) bond motifs is 1. The van der Waals surface area contributed by atoms with E-state index in [9.17, 15) is 9.59 Å². The third-order valence-corrected chi connectivity index (χ3v) is 5.33. The molecule has 0 saturated carbocycles. The molecule has 0 spiro atoms. The van der Waals surface area contributed by atoms with Crippen LogP contribution in [-0.2, 0) is 16.0 Å². The smallest absolute Gasteiger partial charge is 0.231 e.